The summed E-state index contributed by atoms with van der Waals surface area (Å²) in [7, 11) is 1.87. The van der Waals surface area contributed by atoms with Crippen LogP contribution in [-0.2, 0) is 6.42 Å². The van der Waals surface area contributed by atoms with E-state index in [0.717, 1.165) is 36.5 Å². The molecule has 0 spiro atoms. The van der Waals surface area contributed by atoms with Crippen LogP contribution in [0.2, 0.25) is 0 Å². The van der Waals surface area contributed by atoms with Crippen molar-refractivity contribution in [3.8, 4) is 5.88 Å². The van der Waals surface area contributed by atoms with E-state index in [1.165, 1.54) is 0 Å². The molecular formula is C14H25N3O. The molecule has 0 bridgehead atoms. The quantitative estimate of drug-likeness (QED) is 0.842. The molecule has 0 aliphatic heterocycles. The molecule has 0 saturated carbocycles. The Morgan fingerprint density at radius 1 is 1.22 bits per heavy atom. The fourth-order valence-electron chi connectivity index (χ4n) is 1.55. The van der Waals surface area contributed by atoms with Crippen LogP contribution in [-0.4, -0.2) is 22.6 Å². The second-order valence-corrected chi connectivity index (χ2v) is 5.13. The first-order chi connectivity index (χ1) is 8.43. The number of aryl methyl sites for hydroxylation is 1. The first-order valence-corrected chi connectivity index (χ1v) is 6.67. The van der Waals surface area contributed by atoms with Gasteiger partial charge in [-0.05, 0) is 33.6 Å². The average Bonchev–Trinajstić information content (AvgIpc) is 2.33. The first kappa shape index (κ1) is 14.7. The maximum atomic E-state index is 6.02. The van der Waals surface area contributed by atoms with Crippen LogP contribution in [0.5, 0.6) is 5.88 Å². The topological polar surface area (TPSA) is 47.0 Å². The van der Waals surface area contributed by atoms with Gasteiger partial charge in [-0.25, -0.2) is 4.98 Å². The van der Waals surface area contributed by atoms with Crippen molar-refractivity contribution in [1.29, 1.82) is 0 Å². The second kappa shape index (κ2) is 6.03. The lowest BCUT2D eigenvalue weighted by atomic mass is 10.1. The van der Waals surface area contributed by atoms with Crippen molar-refractivity contribution in [2.75, 3.05) is 12.4 Å². The molecule has 0 fully saturated rings. The van der Waals surface area contributed by atoms with Crippen LogP contribution < -0.4 is 10.1 Å². The van der Waals surface area contributed by atoms with Gasteiger partial charge in [0.2, 0.25) is 5.88 Å². The second-order valence-electron chi connectivity index (χ2n) is 5.13. The number of hydrogen-bond donors (Lipinski definition) is 1. The molecule has 0 atom stereocenters. The largest absolute Gasteiger partial charge is 0.471 e. The molecule has 18 heavy (non-hydrogen) atoms. The van der Waals surface area contributed by atoms with Crippen LogP contribution in [0.15, 0.2) is 0 Å². The lowest BCUT2D eigenvalue weighted by Crippen LogP contribution is -2.28. The summed E-state index contributed by atoms with van der Waals surface area (Å²) in [6.45, 7) is 10.4. The molecule has 1 aromatic rings. The predicted octanol–water partition coefficient (Wildman–Crippen LogP) is 3.35. The van der Waals surface area contributed by atoms with E-state index in [1.54, 1.807) is 0 Å². The zero-order valence-electron chi connectivity index (χ0n) is 12.4. The standard InChI is InChI=1S/C14H25N3O/c1-7-9-11-16-12(15-6)10(3)13(17-11)18-14(4,5)8-2/h7-9H2,1-6H3,(H,15,16,17). The lowest BCUT2D eigenvalue weighted by Gasteiger charge is -2.25. The van der Waals surface area contributed by atoms with Crippen molar-refractivity contribution in [3.05, 3.63) is 11.4 Å². The third kappa shape index (κ3) is 3.59. The van der Waals surface area contributed by atoms with Crippen LogP contribution >= 0.6 is 0 Å². The molecule has 0 aromatic carbocycles. The highest BCUT2D eigenvalue weighted by Crippen LogP contribution is 2.26. The molecule has 4 heteroatoms. The number of aromatic nitrogens is 2. The SMILES string of the molecule is CCCc1nc(NC)c(C)c(OC(C)(C)CC)n1. The molecule has 0 radical (unpaired) electrons. The van der Waals surface area contributed by atoms with Crippen LogP contribution in [0.4, 0.5) is 5.82 Å². The minimum Gasteiger partial charge on any atom is -0.471 e. The Morgan fingerprint density at radius 3 is 2.39 bits per heavy atom. The summed E-state index contributed by atoms with van der Waals surface area (Å²) in [5.74, 6) is 2.40. The van der Waals surface area contributed by atoms with Crippen molar-refractivity contribution in [3.63, 3.8) is 0 Å². The molecular weight excluding hydrogens is 226 g/mol. The molecule has 0 amide bonds. The summed E-state index contributed by atoms with van der Waals surface area (Å²) in [6, 6.07) is 0. The summed E-state index contributed by atoms with van der Waals surface area (Å²) in [6.07, 6.45) is 2.84. The maximum absolute atomic E-state index is 6.02. The van der Waals surface area contributed by atoms with Gasteiger partial charge in [0.25, 0.3) is 0 Å². The Morgan fingerprint density at radius 2 is 1.89 bits per heavy atom. The van der Waals surface area contributed by atoms with Crippen molar-refractivity contribution < 1.29 is 4.74 Å². The number of nitrogens with one attached hydrogen (secondary N) is 1. The summed E-state index contributed by atoms with van der Waals surface area (Å²) < 4.78 is 6.02. The van der Waals surface area contributed by atoms with Crippen molar-refractivity contribution in [2.45, 2.75) is 59.5 Å². The minimum atomic E-state index is -0.201. The first-order valence-electron chi connectivity index (χ1n) is 6.67. The van der Waals surface area contributed by atoms with Gasteiger partial charge in [-0.1, -0.05) is 13.8 Å². The van der Waals surface area contributed by atoms with Gasteiger partial charge in [0, 0.05) is 13.5 Å². The Kier molecular flexibility index (Phi) is 4.93. The van der Waals surface area contributed by atoms with Crippen LogP contribution in [0, 0.1) is 6.92 Å². The molecule has 1 rings (SSSR count). The van der Waals surface area contributed by atoms with E-state index >= 15 is 0 Å². The summed E-state index contributed by atoms with van der Waals surface area (Å²) in [4.78, 5) is 9.03. The normalized spacial score (nSPS) is 11.4. The predicted molar refractivity (Wildman–Crippen MR) is 75.3 cm³/mol. The Hall–Kier alpha value is -1.32. The van der Waals surface area contributed by atoms with E-state index in [2.05, 4.69) is 43.0 Å². The van der Waals surface area contributed by atoms with Crippen molar-refractivity contribution >= 4 is 5.82 Å². The van der Waals surface area contributed by atoms with Crippen LogP contribution in [0.25, 0.3) is 0 Å². The number of nitrogens with zero attached hydrogens (tertiary/aromatic N) is 2. The van der Waals surface area contributed by atoms with Gasteiger partial charge in [-0.2, -0.15) is 4.98 Å². The van der Waals surface area contributed by atoms with Crippen molar-refractivity contribution in [1.82, 2.24) is 9.97 Å². The molecule has 0 aliphatic carbocycles. The van der Waals surface area contributed by atoms with Gasteiger partial charge in [0.1, 0.15) is 17.2 Å². The molecule has 102 valence electrons. The number of anilines is 1. The number of hydrogen-bond acceptors (Lipinski definition) is 4. The van der Waals surface area contributed by atoms with Gasteiger partial charge >= 0.3 is 0 Å². The Balaban J connectivity index is 3.12. The van der Waals surface area contributed by atoms with Gasteiger partial charge in [-0.3, -0.25) is 0 Å². The van der Waals surface area contributed by atoms with E-state index in [0.29, 0.717) is 5.88 Å². The zero-order valence-corrected chi connectivity index (χ0v) is 12.4. The third-order valence-electron chi connectivity index (χ3n) is 3.08. The third-order valence-corrected chi connectivity index (χ3v) is 3.08. The molecule has 1 N–H and O–H groups in total. The Bertz CT molecular complexity index is 402. The molecule has 1 heterocycles. The van der Waals surface area contributed by atoms with E-state index in [9.17, 15) is 0 Å². The fraction of sp³-hybridized carbons (Fsp3) is 0.714. The fourth-order valence-corrected chi connectivity index (χ4v) is 1.55. The number of ether oxygens (including phenoxy) is 1. The smallest absolute Gasteiger partial charge is 0.222 e. The van der Waals surface area contributed by atoms with Gasteiger partial charge in [0.15, 0.2) is 0 Å². The van der Waals surface area contributed by atoms with Gasteiger partial charge < -0.3 is 10.1 Å². The summed E-state index contributed by atoms with van der Waals surface area (Å²) in [5.41, 5.74) is 0.770. The van der Waals surface area contributed by atoms with Crippen molar-refractivity contribution in [2.24, 2.45) is 0 Å². The monoisotopic (exact) mass is 251 g/mol. The van der Waals surface area contributed by atoms with Crippen LogP contribution in [0.3, 0.4) is 0 Å². The molecule has 1 aromatic heterocycles. The highest BCUT2D eigenvalue weighted by Gasteiger charge is 2.21. The number of rotatable bonds is 6. The van der Waals surface area contributed by atoms with E-state index in [-0.39, 0.29) is 5.60 Å². The average molecular weight is 251 g/mol. The molecule has 0 unspecified atom stereocenters. The highest BCUT2D eigenvalue weighted by atomic mass is 16.5. The van der Waals surface area contributed by atoms with Gasteiger partial charge in [0.05, 0.1) is 5.56 Å². The van der Waals surface area contributed by atoms with Gasteiger partial charge in [-0.15, -0.1) is 0 Å². The Labute approximate surface area is 110 Å². The molecule has 0 aliphatic rings. The maximum Gasteiger partial charge on any atom is 0.222 e. The van der Waals surface area contributed by atoms with E-state index in [4.69, 9.17) is 4.74 Å². The van der Waals surface area contributed by atoms with E-state index in [1.807, 2.05) is 14.0 Å². The highest BCUT2D eigenvalue weighted by molar-refractivity contribution is 5.48. The zero-order chi connectivity index (χ0) is 13.8. The summed E-state index contributed by atoms with van der Waals surface area (Å²) in [5, 5.41) is 3.11. The molecule has 0 saturated heterocycles. The molecule has 4 nitrogen and oxygen atoms in total. The van der Waals surface area contributed by atoms with E-state index < -0.39 is 0 Å². The minimum absolute atomic E-state index is 0.201. The summed E-state index contributed by atoms with van der Waals surface area (Å²) >= 11 is 0. The lowest BCUT2D eigenvalue weighted by molar-refractivity contribution is 0.0975. The van der Waals surface area contributed by atoms with Crippen LogP contribution in [0.1, 0.15) is 51.9 Å².